The maximum atomic E-state index is 9.50. The van der Waals surface area contributed by atoms with Gasteiger partial charge in [-0.05, 0) is 0 Å². The second-order valence-corrected chi connectivity index (χ2v) is 0. The van der Waals surface area contributed by atoms with E-state index in [4.69, 9.17) is 0 Å². The monoisotopic (exact) mass is 128 g/mol. The minimum Gasteiger partial charge on any atom is -1.00 e. The molecule has 30 valence electrons. The van der Waals surface area contributed by atoms with Crippen LogP contribution in [0.5, 0.6) is 0 Å². The normalized spacial score (nSPS) is 1.20. The van der Waals surface area contributed by atoms with Gasteiger partial charge in [-0.25, -0.2) is 0 Å². The van der Waals surface area contributed by atoms with E-state index < -0.39 is 0 Å². The van der Waals surface area contributed by atoms with E-state index in [1.165, 1.54) is 0 Å². The van der Waals surface area contributed by atoms with Crippen molar-refractivity contribution in [1.82, 2.24) is 0 Å². The molecule has 0 unspecified atom stereocenters. The van der Waals surface area contributed by atoms with Crippen molar-refractivity contribution in [1.29, 1.82) is 0 Å². The van der Waals surface area contributed by atoms with Crippen LogP contribution in [0.3, 0.4) is 0 Å². The number of alkyl halides is 1. The van der Waals surface area contributed by atoms with E-state index in [-0.39, 0.29) is 47.9 Å². The van der Waals surface area contributed by atoms with Gasteiger partial charge in [-0.2, -0.15) is 0 Å². The molecular weight excluding hydrogens is 126 g/mol. The van der Waals surface area contributed by atoms with E-state index in [9.17, 15) is 4.39 Å². The summed E-state index contributed by atoms with van der Waals surface area (Å²) in [6.07, 6.45) is 0. The number of halogens is 3. The van der Waals surface area contributed by atoms with Crippen LogP contribution in [0.25, 0.3) is 0 Å². The number of hydrogen-bond donors (Lipinski definition) is 0. The zero-order valence-electron chi connectivity index (χ0n) is 2.84. The summed E-state index contributed by atoms with van der Waals surface area (Å²) in [5.74, 6) is 0. The summed E-state index contributed by atoms with van der Waals surface area (Å²) in [4.78, 5) is 0. The van der Waals surface area contributed by atoms with Gasteiger partial charge in [-0.3, -0.25) is 4.39 Å². The Hall–Kier alpha value is 1.28. The van der Waals surface area contributed by atoms with Gasteiger partial charge in [-0.15, -0.1) is 0 Å². The molecule has 0 amide bonds. The van der Waals surface area contributed by atoms with Crippen LogP contribution in [0.2, 0.25) is 0 Å². The molecule has 0 aromatic carbocycles. The molecule has 0 aliphatic rings. The second-order valence-electron chi connectivity index (χ2n) is 0. The average Bonchev–Trinajstić information content (AvgIpc) is 1.00. The first-order chi connectivity index (χ1) is 1.00. The van der Waals surface area contributed by atoms with Gasteiger partial charge in [0, 0.05) is 0 Å². The summed E-state index contributed by atoms with van der Waals surface area (Å²) >= 11 is 0. The molecule has 0 heterocycles. The molecule has 0 fully saturated rings. The fraction of sp³-hybridized carbons (Fsp3) is 1.00. The van der Waals surface area contributed by atoms with Crippen LogP contribution in [0.4, 0.5) is 4.39 Å². The molecule has 0 atom stereocenters. The Kier molecular flexibility index (Phi) is 400. The van der Waals surface area contributed by atoms with Crippen molar-refractivity contribution in [3.05, 3.63) is 0 Å². The predicted octanol–water partition coefficient (Wildman–Crippen LogP) is -5.79. The smallest absolute Gasteiger partial charge is 1.00 e. The molecular formula is CH3Cl2FMg. The van der Waals surface area contributed by atoms with Crippen molar-refractivity contribution in [2.45, 2.75) is 0 Å². The SMILES string of the molecule is CF.[Cl-].[Cl-].[Mg+2]. The van der Waals surface area contributed by atoms with Crippen molar-refractivity contribution in [3.8, 4) is 0 Å². The largest absolute Gasteiger partial charge is 2.00 e. The van der Waals surface area contributed by atoms with Gasteiger partial charge in [0.25, 0.3) is 0 Å². The molecule has 5 heavy (non-hydrogen) atoms. The first-order valence-electron chi connectivity index (χ1n) is 0.378. The molecule has 0 saturated heterocycles. The summed E-state index contributed by atoms with van der Waals surface area (Å²) in [5, 5.41) is 0. The Morgan fingerprint density at radius 2 is 1.00 bits per heavy atom. The molecule has 0 aliphatic carbocycles. The minimum absolute atomic E-state index is 0. The molecule has 0 radical (unpaired) electrons. The Bertz CT molecular complexity index is 9.61. The van der Waals surface area contributed by atoms with Crippen LogP contribution in [-0.4, -0.2) is 30.2 Å². The van der Waals surface area contributed by atoms with Gasteiger partial charge >= 0.3 is 23.1 Å². The maximum absolute atomic E-state index is 9.50. The Morgan fingerprint density at radius 1 is 1.00 bits per heavy atom. The Balaban J connectivity index is -0.00000000167. The van der Waals surface area contributed by atoms with Gasteiger partial charge < -0.3 is 24.8 Å². The zero-order chi connectivity index (χ0) is 2.00. The van der Waals surface area contributed by atoms with E-state index in [1.807, 2.05) is 0 Å². The third-order valence-electron chi connectivity index (χ3n) is 0. The van der Waals surface area contributed by atoms with Crippen LogP contribution in [0.1, 0.15) is 0 Å². The topological polar surface area (TPSA) is 0 Å². The fourth-order valence-corrected chi connectivity index (χ4v) is 0. The Labute approximate surface area is 59.5 Å². The molecule has 0 bridgehead atoms. The summed E-state index contributed by atoms with van der Waals surface area (Å²) in [6.45, 7) is 0. The van der Waals surface area contributed by atoms with Crippen LogP contribution in [0, 0.1) is 0 Å². The van der Waals surface area contributed by atoms with Crippen molar-refractivity contribution in [2.24, 2.45) is 0 Å². The molecule has 0 nitrogen and oxygen atoms in total. The number of rotatable bonds is 0. The van der Waals surface area contributed by atoms with Crippen molar-refractivity contribution in [3.63, 3.8) is 0 Å². The quantitative estimate of drug-likeness (QED) is 0.286. The van der Waals surface area contributed by atoms with Crippen LogP contribution in [-0.2, 0) is 0 Å². The summed E-state index contributed by atoms with van der Waals surface area (Å²) in [7, 11) is 0.500. The molecule has 0 aromatic heterocycles. The predicted molar refractivity (Wildman–Crippen MR) is 12.8 cm³/mol. The molecule has 0 aliphatic heterocycles. The zero-order valence-corrected chi connectivity index (χ0v) is 5.77. The molecule has 0 N–H and O–H groups in total. The molecule has 4 heteroatoms. The van der Waals surface area contributed by atoms with Crippen LogP contribution >= 0.6 is 0 Å². The van der Waals surface area contributed by atoms with Gasteiger partial charge in [0.05, 0.1) is 7.18 Å². The van der Waals surface area contributed by atoms with E-state index in [0.29, 0.717) is 7.18 Å². The Morgan fingerprint density at radius 3 is 1.00 bits per heavy atom. The first-order valence-corrected chi connectivity index (χ1v) is 0.378. The maximum Gasteiger partial charge on any atom is 2.00 e. The summed E-state index contributed by atoms with van der Waals surface area (Å²) in [5.41, 5.74) is 0. The second kappa shape index (κ2) is 59.2. The van der Waals surface area contributed by atoms with E-state index in [2.05, 4.69) is 0 Å². The molecule has 0 aromatic rings. The van der Waals surface area contributed by atoms with Crippen LogP contribution in [0.15, 0.2) is 0 Å². The summed E-state index contributed by atoms with van der Waals surface area (Å²) in [6, 6.07) is 0. The minimum atomic E-state index is 0. The first kappa shape index (κ1) is 33.7. The molecule has 0 saturated carbocycles. The van der Waals surface area contributed by atoms with Gasteiger partial charge in [0.15, 0.2) is 0 Å². The fourth-order valence-electron chi connectivity index (χ4n) is 0. The molecule has 0 rings (SSSR count). The van der Waals surface area contributed by atoms with Gasteiger partial charge in [-0.1, -0.05) is 0 Å². The number of hydrogen-bond acceptors (Lipinski definition) is 0. The summed E-state index contributed by atoms with van der Waals surface area (Å²) < 4.78 is 9.50. The molecule has 0 spiro atoms. The van der Waals surface area contributed by atoms with E-state index >= 15 is 0 Å². The van der Waals surface area contributed by atoms with Crippen molar-refractivity contribution in [2.75, 3.05) is 7.18 Å². The van der Waals surface area contributed by atoms with Gasteiger partial charge in [0.2, 0.25) is 0 Å². The van der Waals surface area contributed by atoms with Crippen molar-refractivity contribution < 1.29 is 29.2 Å². The standard InChI is InChI=1S/CH3F.2ClH.Mg/c1-2;;;/h1H3;2*1H;/q;;;+2/p-2. The van der Waals surface area contributed by atoms with Gasteiger partial charge in [0.1, 0.15) is 0 Å². The van der Waals surface area contributed by atoms with E-state index in [1.54, 1.807) is 0 Å². The van der Waals surface area contributed by atoms with Crippen molar-refractivity contribution >= 4 is 23.1 Å². The van der Waals surface area contributed by atoms with Crippen LogP contribution < -0.4 is 24.8 Å². The third-order valence-corrected chi connectivity index (χ3v) is 0. The average molecular weight is 129 g/mol. The van der Waals surface area contributed by atoms with E-state index in [0.717, 1.165) is 0 Å². The third kappa shape index (κ3) is 34.8.